The molecule has 0 fully saturated rings. The number of hydrogen-bond donors (Lipinski definition) is 2. The summed E-state index contributed by atoms with van der Waals surface area (Å²) in [6.07, 6.45) is 4.16. The zero-order valence-corrected chi connectivity index (χ0v) is 13.6. The van der Waals surface area contributed by atoms with Crippen molar-refractivity contribution < 1.29 is 4.79 Å². The van der Waals surface area contributed by atoms with E-state index in [1.54, 1.807) is 0 Å². The Hall–Kier alpha value is -2.26. The van der Waals surface area contributed by atoms with E-state index in [1.807, 2.05) is 42.6 Å². The van der Waals surface area contributed by atoms with Crippen molar-refractivity contribution in [2.75, 3.05) is 6.54 Å². The van der Waals surface area contributed by atoms with Crippen molar-refractivity contribution in [3.8, 4) is 0 Å². The van der Waals surface area contributed by atoms with Gasteiger partial charge < -0.3 is 10.3 Å². The van der Waals surface area contributed by atoms with E-state index in [4.69, 9.17) is 11.6 Å². The van der Waals surface area contributed by atoms with Crippen LogP contribution in [0.1, 0.15) is 17.5 Å². The highest BCUT2D eigenvalue weighted by Gasteiger charge is 2.09. The van der Waals surface area contributed by atoms with Gasteiger partial charge in [-0.25, -0.2) is 0 Å². The Kier molecular flexibility index (Phi) is 4.99. The Bertz CT molecular complexity index is 795. The maximum atomic E-state index is 12.1. The lowest BCUT2D eigenvalue weighted by Gasteiger charge is -2.05. The summed E-state index contributed by atoms with van der Waals surface area (Å²) in [6.45, 7) is 0.691. The van der Waals surface area contributed by atoms with Gasteiger partial charge in [0.05, 0.1) is 6.42 Å². The number of hydrogen-bond acceptors (Lipinski definition) is 1. The molecule has 4 heteroatoms. The van der Waals surface area contributed by atoms with Crippen LogP contribution in [0.2, 0.25) is 5.02 Å². The number of amides is 1. The van der Waals surface area contributed by atoms with Crippen molar-refractivity contribution in [1.82, 2.24) is 10.3 Å². The highest BCUT2D eigenvalue weighted by atomic mass is 35.5. The molecule has 118 valence electrons. The zero-order valence-electron chi connectivity index (χ0n) is 12.8. The maximum absolute atomic E-state index is 12.1. The number of aromatic amines is 1. The minimum Gasteiger partial charge on any atom is -0.361 e. The summed E-state index contributed by atoms with van der Waals surface area (Å²) in [5.41, 5.74) is 3.28. The first-order valence-corrected chi connectivity index (χ1v) is 8.16. The van der Waals surface area contributed by atoms with Gasteiger partial charge in [-0.05, 0) is 42.2 Å². The molecule has 0 aliphatic carbocycles. The van der Waals surface area contributed by atoms with Crippen molar-refractivity contribution in [1.29, 1.82) is 0 Å². The van der Waals surface area contributed by atoms with E-state index in [2.05, 4.69) is 22.4 Å². The minimum atomic E-state index is 0.0407. The third-order valence-corrected chi connectivity index (χ3v) is 4.12. The first-order valence-electron chi connectivity index (χ1n) is 7.78. The predicted octanol–water partition coefficient (Wildman–Crippen LogP) is 4.11. The summed E-state index contributed by atoms with van der Waals surface area (Å²) >= 11 is 6.03. The molecule has 1 aromatic heterocycles. The number of aromatic nitrogens is 1. The Balaban J connectivity index is 1.50. The van der Waals surface area contributed by atoms with Crippen LogP contribution in [0.25, 0.3) is 10.9 Å². The van der Waals surface area contributed by atoms with Crippen LogP contribution in [0.4, 0.5) is 0 Å². The molecular formula is C19H19ClN2O. The number of carbonyl (C=O) groups is 1. The quantitative estimate of drug-likeness (QED) is 0.658. The van der Waals surface area contributed by atoms with E-state index in [-0.39, 0.29) is 5.91 Å². The number of carbonyl (C=O) groups excluding carboxylic acids is 1. The van der Waals surface area contributed by atoms with Crippen molar-refractivity contribution in [2.45, 2.75) is 19.3 Å². The first-order chi connectivity index (χ1) is 11.2. The third-order valence-electron chi connectivity index (χ3n) is 3.89. The van der Waals surface area contributed by atoms with E-state index in [0.29, 0.717) is 18.0 Å². The summed E-state index contributed by atoms with van der Waals surface area (Å²) in [5, 5.41) is 4.68. The average Bonchev–Trinajstić information content (AvgIpc) is 2.95. The molecule has 3 nitrogen and oxygen atoms in total. The van der Waals surface area contributed by atoms with Crippen LogP contribution in [-0.2, 0) is 17.6 Å². The Morgan fingerprint density at radius 3 is 2.78 bits per heavy atom. The van der Waals surface area contributed by atoms with Gasteiger partial charge in [0.25, 0.3) is 0 Å². The molecule has 2 aromatic carbocycles. The third kappa shape index (κ3) is 4.14. The van der Waals surface area contributed by atoms with E-state index in [9.17, 15) is 4.79 Å². The largest absolute Gasteiger partial charge is 0.361 e. The van der Waals surface area contributed by atoms with Gasteiger partial charge in [0.2, 0.25) is 5.91 Å². The number of H-pyrrole nitrogens is 1. The second-order valence-corrected chi connectivity index (χ2v) is 6.06. The summed E-state index contributed by atoms with van der Waals surface area (Å²) in [5.74, 6) is 0.0407. The van der Waals surface area contributed by atoms with Crippen molar-refractivity contribution in [3.63, 3.8) is 0 Å². The molecule has 23 heavy (non-hydrogen) atoms. The van der Waals surface area contributed by atoms with Crippen molar-refractivity contribution >= 4 is 28.4 Å². The molecule has 0 unspecified atom stereocenters. The summed E-state index contributed by atoms with van der Waals surface area (Å²) in [4.78, 5) is 15.3. The highest BCUT2D eigenvalue weighted by molar-refractivity contribution is 6.31. The molecule has 3 rings (SSSR count). The zero-order chi connectivity index (χ0) is 16.1. The van der Waals surface area contributed by atoms with Crippen LogP contribution in [0, 0.1) is 0 Å². The van der Waals surface area contributed by atoms with Crippen molar-refractivity contribution in [2.24, 2.45) is 0 Å². The van der Waals surface area contributed by atoms with Gasteiger partial charge in [-0.3, -0.25) is 4.79 Å². The van der Waals surface area contributed by atoms with Crippen LogP contribution in [0.15, 0.2) is 54.7 Å². The molecule has 0 spiro atoms. The van der Waals surface area contributed by atoms with Crippen LogP contribution >= 0.6 is 11.6 Å². The summed E-state index contributed by atoms with van der Waals surface area (Å²) in [7, 11) is 0. The standard InChI is InChI=1S/C19H19ClN2O/c20-16-8-9-18-17(12-16)15(13-22-18)11-19(23)21-10-4-7-14-5-2-1-3-6-14/h1-3,5-6,8-9,12-13,22H,4,7,10-11H2,(H,21,23). The van der Waals surface area contributed by atoms with Crippen LogP contribution in [-0.4, -0.2) is 17.4 Å². The number of nitrogens with one attached hydrogen (secondary N) is 2. The molecule has 0 bridgehead atoms. The molecule has 0 radical (unpaired) electrons. The van der Waals surface area contributed by atoms with Gasteiger partial charge in [-0.15, -0.1) is 0 Å². The van der Waals surface area contributed by atoms with Crippen molar-refractivity contribution in [3.05, 3.63) is 70.9 Å². The van der Waals surface area contributed by atoms with Gasteiger partial charge in [0.1, 0.15) is 0 Å². The Morgan fingerprint density at radius 1 is 1.13 bits per heavy atom. The molecule has 1 heterocycles. The van der Waals surface area contributed by atoms with E-state index in [1.165, 1.54) is 5.56 Å². The second kappa shape index (κ2) is 7.34. The smallest absolute Gasteiger partial charge is 0.224 e. The number of aryl methyl sites for hydroxylation is 1. The number of benzene rings is 2. The average molecular weight is 327 g/mol. The molecule has 0 aliphatic heterocycles. The Morgan fingerprint density at radius 2 is 1.96 bits per heavy atom. The molecule has 2 N–H and O–H groups in total. The van der Waals surface area contributed by atoms with Gasteiger partial charge >= 0.3 is 0 Å². The monoisotopic (exact) mass is 326 g/mol. The van der Waals surface area contributed by atoms with E-state index >= 15 is 0 Å². The molecule has 0 atom stereocenters. The number of rotatable bonds is 6. The normalized spacial score (nSPS) is 10.8. The molecular weight excluding hydrogens is 308 g/mol. The van der Waals surface area contributed by atoms with Gasteiger partial charge in [-0.1, -0.05) is 41.9 Å². The molecule has 0 saturated heterocycles. The fraction of sp³-hybridized carbons (Fsp3) is 0.211. The van der Waals surface area contributed by atoms with Crippen LogP contribution < -0.4 is 5.32 Å². The Labute approximate surface area is 140 Å². The highest BCUT2D eigenvalue weighted by Crippen LogP contribution is 2.22. The maximum Gasteiger partial charge on any atom is 0.224 e. The molecule has 0 aliphatic rings. The summed E-state index contributed by atoms with van der Waals surface area (Å²) < 4.78 is 0. The molecule has 3 aromatic rings. The molecule has 0 saturated carbocycles. The van der Waals surface area contributed by atoms with E-state index in [0.717, 1.165) is 29.3 Å². The molecule has 1 amide bonds. The number of fused-ring (bicyclic) bond motifs is 1. The number of halogens is 1. The van der Waals surface area contributed by atoms with Crippen LogP contribution in [0.3, 0.4) is 0 Å². The fourth-order valence-electron chi connectivity index (χ4n) is 2.70. The summed E-state index contributed by atoms with van der Waals surface area (Å²) in [6, 6.07) is 16.0. The predicted molar refractivity (Wildman–Crippen MR) is 94.8 cm³/mol. The van der Waals surface area contributed by atoms with E-state index < -0.39 is 0 Å². The lowest BCUT2D eigenvalue weighted by Crippen LogP contribution is -2.26. The SMILES string of the molecule is O=C(Cc1c[nH]c2ccc(Cl)cc12)NCCCc1ccccc1. The lowest BCUT2D eigenvalue weighted by atomic mass is 10.1. The van der Waals surface area contributed by atoms with Gasteiger partial charge in [-0.2, -0.15) is 0 Å². The minimum absolute atomic E-state index is 0.0407. The van der Waals surface area contributed by atoms with Gasteiger partial charge in [0.15, 0.2) is 0 Å². The lowest BCUT2D eigenvalue weighted by molar-refractivity contribution is -0.120. The van der Waals surface area contributed by atoms with Gasteiger partial charge in [0, 0.05) is 28.7 Å². The second-order valence-electron chi connectivity index (χ2n) is 5.62. The van der Waals surface area contributed by atoms with Crippen LogP contribution in [0.5, 0.6) is 0 Å². The topological polar surface area (TPSA) is 44.9 Å². The fourth-order valence-corrected chi connectivity index (χ4v) is 2.87. The first kappa shape index (κ1) is 15.6.